The van der Waals surface area contributed by atoms with Crippen molar-refractivity contribution in [3.8, 4) is 0 Å². The number of halogens is 3. The Labute approximate surface area is 134 Å². The Bertz CT molecular complexity index is 787. The Kier molecular flexibility index (Phi) is 4.95. The summed E-state index contributed by atoms with van der Waals surface area (Å²) in [7, 11) is -3.79. The molecule has 2 rings (SSSR count). The molecule has 2 N–H and O–H groups in total. The van der Waals surface area contributed by atoms with Crippen LogP contribution in [0.5, 0.6) is 0 Å². The molecule has 0 saturated heterocycles. The quantitative estimate of drug-likeness (QED) is 0.857. The van der Waals surface area contributed by atoms with Gasteiger partial charge in [0.25, 0.3) is 15.9 Å². The number of benzene rings is 1. The summed E-state index contributed by atoms with van der Waals surface area (Å²) in [6.07, 6.45) is -4.52. The smallest absolute Gasteiger partial charge is 0.343 e. The van der Waals surface area contributed by atoms with Gasteiger partial charge in [-0.1, -0.05) is 12.1 Å². The Morgan fingerprint density at radius 1 is 1.17 bits per heavy atom. The van der Waals surface area contributed by atoms with Gasteiger partial charge in [-0.25, -0.2) is 8.42 Å². The fraction of sp³-hybridized carbons (Fsp3) is 0.154. The van der Waals surface area contributed by atoms with Crippen molar-refractivity contribution in [1.29, 1.82) is 0 Å². The molecule has 124 valence electrons. The second kappa shape index (κ2) is 6.59. The van der Waals surface area contributed by atoms with E-state index >= 15 is 0 Å². The molecule has 1 heterocycles. The third-order valence-corrected chi connectivity index (χ3v) is 5.37. The first-order valence-corrected chi connectivity index (χ1v) is 8.55. The van der Waals surface area contributed by atoms with Crippen molar-refractivity contribution in [3.63, 3.8) is 0 Å². The van der Waals surface area contributed by atoms with Gasteiger partial charge >= 0.3 is 6.18 Å². The van der Waals surface area contributed by atoms with Crippen molar-refractivity contribution in [2.24, 2.45) is 0 Å². The number of thiophene rings is 1. The van der Waals surface area contributed by atoms with Crippen molar-refractivity contribution in [2.45, 2.75) is 10.4 Å². The Morgan fingerprint density at radius 2 is 1.91 bits per heavy atom. The lowest BCUT2D eigenvalue weighted by molar-refractivity contribution is -0.123. The van der Waals surface area contributed by atoms with Gasteiger partial charge in [-0.2, -0.15) is 13.2 Å². The minimum absolute atomic E-state index is 0.0815. The number of carbonyl (C=O) groups is 1. The summed E-state index contributed by atoms with van der Waals surface area (Å²) in [5, 5.41) is 3.31. The standard InChI is InChI=1S/C13H11F3N2O3S2/c14-13(15,16)8-17-12(19)9-3-1-4-10(7-9)18-23(20,21)11-5-2-6-22-11/h1-7,18H,8H2,(H,17,19). The van der Waals surface area contributed by atoms with Crippen molar-refractivity contribution >= 4 is 33.0 Å². The third-order valence-electron chi connectivity index (χ3n) is 2.59. The maximum Gasteiger partial charge on any atom is 0.405 e. The van der Waals surface area contributed by atoms with E-state index in [1.165, 1.54) is 24.3 Å². The lowest BCUT2D eigenvalue weighted by Crippen LogP contribution is -2.33. The third kappa shape index (κ3) is 4.96. The van der Waals surface area contributed by atoms with Gasteiger partial charge in [0.1, 0.15) is 10.8 Å². The summed E-state index contributed by atoms with van der Waals surface area (Å²) in [4.78, 5) is 11.7. The van der Waals surface area contributed by atoms with E-state index in [-0.39, 0.29) is 15.5 Å². The van der Waals surface area contributed by atoms with Gasteiger partial charge in [0, 0.05) is 11.3 Å². The lowest BCUT2D eigenvalue weighted by Gasteiger charge is -2.10. The molecule has 0 radical (unpaired) electrons. The highest BCUT2D eigenvalue weighted by Crippen LogP contribution is 2.21. The molecule has 0 saturated carbocycles. The van der Waals surface area contributed by atoms with Crippen LogP contribution in [-0.2, 0) is 10.0 Å². The van der Waals surface area contributed by atoms with Crippen LogP contribution in [0.25, 0.3) is 0 Å². The molecule has 2 aromatic rings. The van der Waals surface area contributed by atoms with E-state index in [9.17, 15) is 26.4 Å². The zero-order valence-electron chi connectivity index (χ0n) is 11.4. The van der Waals surface area contributed by atoms with Crippen LogP contribution in [0.2, 0.25) is 0 Å². The molecular formula is C13H11F3N2O3S2. The molecule has 1 aromatic heterocycles. The second-order valence-corrected chi connectivity index (χ2v) is 7.27. The van der Waals surface area contributed by atoms with E-state index in [1.54, 1.807) is 16.8 Å². The van der Waals surface area contributed by atoms with E-state index in [1.807, 2.05) is 0 Å². The predicted molar refractivity (Wildman–Crippen MR) is 80.0 cm³/mol. The maximum absolute atomic E-state index is 12.1. The molecule has 10 heteroatoms. The number of alkyl halides is 3. The van der Waals surface area contributed by atoms with Crippen molar-refractivity contribution in [2.75, 3.05) is 11.3 Å². The summed E-state index contributed by atoms with van der Waals surface area (Å²) in [5.41, 5.74) is -0.00121. The van der Waals surface area contributed by atoms with Crippen molar-refractivity contribution in [1.82, 2.24) is 5.32 Å². The van der Waals surface area contributed by atoms with Crippen LogP contribution in [0.4, 0.5) is 18.9 Å². The van der Waals surface area contributed by atoms with Crippen LogP contribution in [0.3, 0.4) is 0 Å². The summed E-state index contributed by atoms with van der Waals surface area (Å²) in [6.45, 7) is -1.46. The number of amides is 1. The summed E-state index contributed by atoms with van der Waals surface area (Å²) >= 11 is 1.02. The van der Waals surface area contributed by atoms with Crippen molar-refractivity contribution in [3.05, 3.63) is 47.3 Å². The van der Waals surface area contributed by atoms with E-state index < -0.39 is 28.7 Å². The van der Waals surface area contributed by atoms with Crippen LogP contribution < -0.4 is 10.0 Å². The molecule has 0 aliphatic carbocycles. The summed E-state index contributed by atoms with van der Waals surface area (Å²) < 4.78 is 62.7. The number of nitrogens with one attached hydrogen (secondary N) is 2. The van der Waals surface area contributed by atoms with Crippen molar-refractivity contribution < 1.29 is 26.4 Å². The molecule has 23 heavy (non-hydrogen) atoms. The summed E-state index contributed by atoms with van der Waals surface area (Å²) in [6, 6.07) is 8.19. The Balaban J connectivity index is 2.13. The fourth-order valence-corrected chi connectivity index (χ4v) is 3.67. The molecular weight excluding hydrogens is 353 g/mol. The van der Waals surface area contributed by atoms with Crippen LogP contribution in [0, 0.1) is 0 Å². The first kappa shape index (κ1) is 17.3. The molecule has 1 amide bonds. The first-order chi connectivity index (χ1) is 10.7. The molecule has 0 aliphatic rings. The first-order valence-electron chi connectivity index (χ1n) is 6.19. The van der Waals surface area contributed by atoms with E-state index in [0.717, 1.165) is 17.4 Å². The zero-order chi connectivity index (χ0) is 17.1. The van der Waals surface area contributed by atoms with E-state index in [4.69, 9.17) is 0 Å². The van der Waals surface area contributed by atoms with Gasteiger partial charge in [0.15, 0.2) is 0 Å². The largest absolute Gasteiger partial charge is 0.405 e. The van der Waals surface area contributed by atoms with Crippen LogP contribution in [-0.4, -0.2) is 27.0 Å². The molecule has 0 fully saturated rings. The van der Waals surface area contributed by atoms with Gasteiger partial charge < -0.3 is 5.32 Å². The number of rotatable bonds is 5. The molecule has 1 aromatic carbocycles. The fourth-order valence-electron chi connectivity index (χ4n) is 1.63. The average molecular weight is 364 g/mol. The van der Waals surface area contributed by atoms with Gasteiger partial charge in [-0.15, -0.1) is 11.3 Å². The number of hydrogen-bond donors (Lipinski definition) is 2. The van der Waals surface area contributed by atoms with Crippen LogP contribution in [0.1, 0.15) is 10.4 Å². The number of hydrogen-bond acceptors (Lipinski definition) is 4. The van der Waals surface area contributed by atoms with E-state index in [0.29, 0.717) is 0 Å². The highest BCUT2D eigenvalue weighted by Gasteiger charge is 2.28. The molecule has 0 bridgehead atoms. The topological polar surface area (TPSA) is 75.3 Å². The van der Waals surface area contributed by atoms with Gasteiger partial charge in [-0.05, 0) is 29.6 Å². The van der Waals surface area contributed by atoms with Gasteiger partial charge in [0.05, 0.1) is 0 Å². The minimum atomic E-state index is -4.52. The maximum atomic E-state index is 12.1. The van der Waals surface area contributed by atoms with E-state index in [2.05, 4.69) is 4.72 Å². The number of anilines is 1. The highest BCUT2D eigenvalue weighted by molar-refractivity contribution is 7.94. The van der Waals surface area contributed by atoms with Gasteiger partial charge in [0.2, 0.25) is 0 Å². The molecule has 0 atom stereocenters. The normalized spacial score (nSPS) is 12.0. The average Bonchev–Trinajstić information content (AvgIpc) is 2.99. The molecule has 0 spiro atoms. The predicted octanol–water partition coefficient (Wildman–Crippen LogP) is 2.84. The molecule has 0 aliphatic heterocycles. The SMILES string of the molecule is O=C(NCC(F)(F)F)c1cccc(NS(=O)(=O)c2cccs2)c1. The number of sulfonamides is 1. The molecule has 0 unspecified atom stereocenters. The monoisotopic (exact) mass is 364 g/mol. The number of carbonyl (C=O) groups excluding carboxylic acids is 1. The second-order valence-electron chi connectivity index (χ2n) is 4.42. The Hall–Kier alpha value is -2.07. The summed E-state index contributed by atoms with van der Waals surface area (Å²) in [5.74, 6) is -0.945. The highest BCUT2D eigenvalue weighted by atomic mass is 32.2. The van der Waals surface area contributed by atoms with Gasteiger partial charge in [-0.3, -0.25) is 9.52 Å². The minimum Gasteiger partial charge on any atom is -0.343 e. The molecule has 5 nitrogen and oxygen atoms in total. The van der Waals surface area contributed by atoms with Crippen LogP contribution >= 0.6 is 11.3 Å². The van der Waals surface area contributed by atoms with Crippen LogP contribution in [0.15, 0.2) is 46.0 Å². The lowest BCUT2D eigenvalue weighted by atomic mass is 10.2. The Morgan fingerprint density at radius 3 is 2.52 bits per heavy atom. The zero-order valence-corrected chi connectivity index (χ0v) is 13.1.